The van der Waals surface area contributed by atoms with Crippen molar-refractivity contribution >= 4 is 29.9 Å². The molecule has 1 unspecified atom stereocenters. The summed E-state index contributed by atoms with van der Waals surface area (Å²) in [6.45, 7) is 11.9. The van der Waals surface area contributed by atoms with Gasteiger partial charge in [0.2, 0.25) is 5.89 Å². The first-order chi connectivity index (χ1) is 11.5. The van der Waals surface area contributed by atoms with Gasteiger partial charge in [-0.05, 0) is 31.1 Å². The Morgan fingerprint density at radius 2 is 2.12 bits per heavy atom. The first-order valence-electron chi connectivity index (χ1n) is 9.27. The normalized spacial score (nSPS) is 18.1. The van der Waals surface area contributed by atoms with Gasteiger partial charge in [-0.3, -0.25) is 4.99 Å². The SMILES string of the molecule is CN=C(NCCCc1nc(C(C)C)no1)N1CCC(CC(C)C)C1.I. The van der Waals surface area contributed by atoms with Crippen molar-refractivity contribution in [2.45, 2.75) is 59.3 Å². The molecule has 1 aromatic heterocycles. The lowest BCUT2D eigenvalue weighted by atomic mass is 9.97. The summed E-state index contributed by atoms with van der Waals surface area (Å²) in [7, 11) is 1.87. The fraction of sp³-hybridized carbons (Fsp3) is 0.833. The maximum atomic E-state index is 5.28. The Bertz CT molecular complexity index is 529. The molecule has 1 saturated heterocycles. The highest BCUT2D eigenvalue weighted by molar-refractivity contribution is 14.0. The topological polar surface area (TPSA) is 66.5 Å². The lowest BCUT2D eigenvalue weighted by molar-refractivity contribution is 0.368. The number of nitrogens with one attached hydrogen (secondary N) is 1. The number of hydrogen-bond donors (Lipinski definition) is 1. The Hall–Kier alpha value is -0.860. The molecular formula is C18H34IN5O. The molecule has 2 heterocycles. The zero-order chi connectivity index (χ0) is 17.5. The van der Waals surface area contributed by atoms with E-state index in [1.165, 1.54) is 12.8 Å². The van der Waals surface area contributed by atoms with Crippen molar-refractivity contribution in [3.05, 3.63) is 11.7 Å². The number of aromatic nitrogens is 2. The Labute approximate surface area is 169 Å². The minimum absolute atomic E-state index is 0. The molecule has 0 aliphatic carbocycles. The molecule has 0 bridgehead atoms. The maximum Gasteiger partial charge on any atom is 0.226 e. The minimum atomic E-state index is 0. The molecule has 7 heteroatoms. The van der Waals surface area contributed by atoms with E-state index in [1.54, 1.807) is 0 Å². The van der Waals surface area contributed by atoms with Crippen molar-refractivity contribution in [3.8, 4) is 0 Å². The number of rotatable bonds is 7. The zero-order valence-corrected chi connectivity index (χ0v) is 18.6. The minimum Gasteiger partial charge on any atom is -0.356 e. The number of aliphatic imine (C=N–C) groups is 1. The Morgan fingerprint density at radius 3 is 2.72 bits per heavy atom. The van der Waals surface area contributed by atoms with Crippen LogP contribution in [0.3, 0.4) is 0 Å². The van der Waals surface area contributed by atoms with Crippen LogP contribution in [-0.2, 0) is 6.42 Å². The van der Waals surface area contributed by atoms with Crippen molar-refractivity contribution in [2.24, 2.45) is 16.8 Å². The summed E-state index contributed by atoms with van der Waals surface area (Å²) in [6, 6.07) is 0. The molecule has 25 heavy (non-hydrogen) atoms. The van der Waals surface area contributed by atoms with Crippen molar-refractivity contribution in [1.29, 1.82) is 0 Å². The molecule has 144 valence electrons. The number of hydrogen-bond acceptors (Lipinski definition) is 4. The van der Waals surface area contributed by atoms with Gasteiger partial charge in [-0.2, -0.15) is 4.98 Å². The predicted molar refractivity (Wildman–Crippen MR) is 113 cm³/mol. The highest BCUT2D eigenvalue weighted by Crippen LogP contribution is 2.23. The van der Waals surface area contributed by atoms with Gasteiger partial charge in [0.25, 0.3) is 0 Å². The van der Waals surface area contributed by atoms with E-state index in [4.69, 9.17) is 4.52 Å². The molecular weight excluding hydrogens is 429 g/mol. The molecule has 1 N–H and O–H groups in total. The van der Waals surface area contributed by atoms with Crippen LogP contribution in [-0.4, -0.2) is 47.7 Å². The van der Waals surface area contributed by atoms with Crippen molar-refractivity contribution in [3.63, 3.8) is 0 Å². The van der Waals surface area contributed by atoms with E-state index in [0.29, 0.717) is 5.92 Å². The molecule has 1 fully saturated rings. The molecule has 0 saturated carbocycles. The number of guanidine groups is 1. The predicted octanol–water partition coefficient (Wildman–Crippen LogP) is 3.69. The average Bonchev–Trinajstić information content (AvgIpc) is 3.16. The summed E-state index contributed by atoms with van der Waals surface area (Å²) in [6.07, 6.45) is 4.35. The third-order valence-electron chi connectivity index (χ3n) is 4.45. The second-order valence-electron chi connectivity index (χ2n) is 7.51. The summed E-state index contributed by atoms with van der Waals surface area (Å²) >= 11 is 0. The highest BCUT2D eigenvalue weighted by Gasteiger charge is 2.25. The number of halogens is 1. The van der Waals surface area contributed by atoms with Gasteiger partial charge in [0.15, 0.2) is 11.8 Å². The maximum absolute atomic E-state index is 5.28. The van der Waals surface area contributed by atoms with Crippen LogP contribution in [0.5, 0.6) is 0 Å². The van der Waals surface area contributed by atoms with Gasteiger partial charge in [-0.25, -0.2) is 0 Å². The van der Waals surface area contributed by atoms with E-state index in [-0.39, 0.29) is 24.0 Å². The van der Waals surface area contributed by atoms with E-state index in [2.05, 4.69) is 53.0 Å². The molecule has 6 nitrogen and oxygen atoms in total. The molecule has 0 aromatic carbocycles. The van der Waals surface area contributed by atoms with Crippen LogP contribution in [0.25, 0.3) is 0 Å². The fourth-order valence-corrected chi connectivity index (χ4v) is 3.26. The molecule has 1 aliphatic rings. The average molecular weight is 463 g/mol. The standard InChI is InChI=1S/C18H33N5O.HI/c1-13(2)11-15-8-10-23(12-15)18(19-5)20-9-6-7-16-21-17(14(3)4)22-24-16;/h13-15H,6-12H2,1-5H3,(H,19,20);1H. The van der Waals surface area contributed by atoms with E-state index in [9.17, 15) is 0 Å². The molecule has 1 aliphatic heterocycles. The van der Waals surface area contributed by atoms with Crippen molar-refractivity contribution in [1.82, 2.24) is 20.4 Å². The number of likely N-dealkylation sites (tertiary alicyclic amines) is 1. The smallest absolute Gasteiger partial charge is 0.226 e. The van der Waals surface area contributed by atoms with Gasteiger partial charge in [0.05, 0.1) is 0 Å². The van der Waals surface area contributed by atoms with Crippen molar-refractivity contribution < 1.29 is 4.52 Å². The van der Waals surface area contributed by atoms with E-state index >= 15 is 0 Å². The Kier molecular flexibility index (Phi) is 9.74. The molecule has 0 amide bonds. The summed E-state index contributed by atoms with van der Waals surface area (Å²) in [5.74, 6) is 4.44. The van der Waals surface area contributed by atoms with Crippen LogP contribution in [0.15, 0.2) is 9.52 Å². The van der Waals surface area contributed by atoms with Gasteiger partial charge in [0.1, 0.15) is 0 Å². The molecule has 1 aromatic rings. The van der Waals surface area contributed by atoms with Gasteiger partial charge < -0.3 is 14.7 Å². The first kappa shape index (κ1) is 22.2. The summed E-state index contributed by atoms with van der Waals surface area (Å²) in [5, 5.41) is 7.47. The van der Waals surface area contributed by atoms with Crippen LogP contribution in [0.1, 0.15) is 64.6 Å². The van der Waals surface area contributed by atoms with Crippen LogP contribution in [0.4, 0.5) is 0 Å². The van der Waals surface area contributed by atoms with Crippen LogP contribution in [0, 0.1) is 11.8 Å². The Balaban J connectivity index is 0.00000312. The number of nitrogens with zero attached hydrogens (tertiary/aromatic N) is 4. The summed E-state index contributed by atoms with van der Waals surface area (Å²) in [5.41, 5.74) is 0. The van der Waals surface area contributed by atoms with Crippen LogP contribution in [0.2, 0.25) is 0 Å². The molecule has 0 spiro atoms. The number of aryl methyl sites for hydroxylation is 1. The second-order valence-corrected chi connectivity index (χ2v) is 7.51. The molecule has 2 rings (SSSR count). The van der Waals surface area contributed by atoms with Gasteiger partial charge >= 0.3 is 0 Å². The lowest BCUT2D eigenvalue weighted by Gasteiger charge is -2.22. The third-order valence-corrected chi connectivity index (χ3v) is 4.45. The monoisotopic (exact) mass is 463 g/mol. The lowest BCUT2D eigenvalue weighted by Crippen LogP contribution is -2.40. The van der Waals surface area contributed by atoms with Crippen molar-refractivity contribution in [2.75, 3.05) is 26.7 Å². The van der Waals surface area contributed by atoms with E-state index in [1.807, 2.05) is 7.05 Å². The summed E-state index contributed by atoms with van der Waals surface area (Å²) in [4.78, 5) is 11.2. The van der Waals surface area contributed by atoms with Crippen LogP contribution >= 0.6 is 24.0 Å². The molecule has 0 radical (unpaired) electrons. The van der Waals surface area contributed by atoms with Gasteiger partial charge in [-0.15, -0.1) is 24.0 Å². The van der Waals surface area contributed by atoms with Gasteiger partial charge in [-0.1, -0.05) is 32.9 Å². The fourth-order valence-electron chi connectivity index (χ4n) is 3.26. The quantitative estimate of drug-likeness (QED) is 0.289. The first-order valence-corrected chi connectivity index (χ1v) is 9.27. The van der Waals surface area contributed by atoms with E-state index in [0.717, 1.165) is 62.0 Å². The van der Waals surface area contributed by atoms with Gasteiger partial charge in [0, 0.05) is 39.0 Å². The van der Waals surface area contributed by atoms with Crippen LogP contribution < -0.4 is 5.32 Å². The third kappa shape index (κ3) is 7.11. The second kappa shape index (κ2) is 11.0. The zero-order valence-electron chi connectivity index (χ0n) is 16.3. The highest BCUT2D eigenvalue weighted by atomic mass is 127. The summed E-state index contributed by atoms with van der Waals surface area (Å²) < 4.78 is 5.28. The largest absolute Gasteiger partial charge is 0.356 e. The Morgan fingerprint density at radius 1 is 1.36 bits per heavy atom. The van der Waals surface area contributed by atoms with E-state index < -0.39 is 0 Å². The molecule has 1 atom stereocenters.